The van der Waals surface area contributed by atoms with E-state index in [-0.39, 0.29) is 18.2 Å². The second-order valence-corrected chi connectivity index (χ2v) is 6.66. The van der Waals surface area contributed by atoms with Gasteiger partial charge in [0.15, 0.2) is 11.5 Å². The second-order valence-electron chi connectivity index (χ2n) is 6.66. The van der Waals surface area contributed by atoms with Crippen molar-refractivity contribution in [2.24, 2.45) is 0 Å². The van der Waals surface area contributed by atoms with Gasteiger partial charge in [-0.3, -0.25) is 9.59 Å². The molecule has 6 heteroatoms. The largest absolute Gasteiger partial charge is 0.493 e. The molecule has 2 aliphatic heterocycles. The van der Waals surface area contributed by atoms with Gasteiger partial charge < -0.3 is 19.3 Å². The molecule has 0 aromatic heterocycles. The fourth-order valence-corrected chi connectivity index (χ4v) is 3.59. The summed E-state index contributed by atoms with van der Waals surface area (Å²) in [5.74, 6) is 1.25. The predicted molar refractivity (Wildman–Crippen MR) is 93.7 cm³/mol. The molecule has 1 aromatic carbocycles. The molecule has 25 heavy (non-hydrogen) atoms. The number of methoxy groups -OCH3 is 2. The first-order chi connectivity index (χ1) is 12.1. The van der Waals surface area contributed by atoms with Gasteiger partial charge in [0.25, 0.3) is 0 Å². The van der Waals surface area contributed by atoms with E-state index >= 15 is 0 Å². The highest BCUT2D eigenvalue weighted by atomic mass is 16.5. The van der Waals surface area contributed by atoms with E-state index in [2.05, 4.69) is 0 Å². The molecule has 0 saturated carbocycles. The van der Waals surface area contributed by atoms with Crippen LogP contribution in [0.1, 0.15) is 36.8 Å². The van der Waals surface area contributed by atoms with Gasteiger partial charge in [-0.25, -0.2) is 0 Å². The Morgan fingerprint density at radius 3 is 2.12 bits per heavy atom. The van der Waals surface area contributed by atoms with Gasteiger partial charge in [-0.05, 0) is 48.9 Å². The van der Waals surface area contributed by atoms with E-state index < -0.39 is 0 Å². The number of nitrogens with zero attached hydrogens (tertiary/aromatic N) is 2. The molecule has 2 heterocycles. The van der Waals surface area contributed by atoms with Crippen molar-refractivity contribution in [3.63, 3.8) is 0 Å². The molecule has 0 radical (unpaired) electrons. The molecular weight excluding hydrogens is 320 g/mol. The molecule has 0 bridgehead atoms. The summed E-state index contributed by atoms with van der Waals surface area (Å²) in [7, 11) is 3.22. The van der Waals surface area contributed by atoms with Crippen LogP contribution in [0.2, 0.25) is 0 Å². The molecule has 1 aromatic rings. The number of piperidine rings is 1. The minimum atomic E-state index is -0.0870. The quantitative estimate of drug-likeness (QED) is 0.783. The normalized spacial score (nSPS) is 17.0. The van der Waals surface area contributed by atoms with Gasteiger partial charge in [-0.1, -0.05) is 0 Å². The molecule has 2 amide bonds. The number of amides is 2. The Balaban J connectivity index is 1.65. The van der Waals surface area contributed by atoms with Crippen molar-refractivity contribution >= 4 is 11.8 Å². The van der Waals surface area contributed by atoms with E-state index in [1.165, 1.54) is 12.0 Å². The van der Waals surface area contributed by atoms with E-state index in [0.717, 1.165) is 37.9 Å². The Morgan fingerprint density at radius 2 is 1.48 bits per heavy atom. The van der Waals surface area contributed by atoms with Crippen LogP contribution in [0.3, 0.4) is 0 Å². The van der Waals surface area contributed by atoms with E-state index in [1.54, 1.807) is 19.1 Å². The van der Waals surface area contributed by atoms with Crippen molar-refractivity contribution < 1.29 is 19.1 Å². The van der Waals surface area contributed by atoms with Gasteiger partial charge in [0, 0.05) is 26.2 Å². The molecule has 3 rings (SSSR count). The summed E-state index contributed by atoms with van der Waals surface area (Å²) in [6, 6.07) is 3.91. The van der Waals surface area contributed by atoms with E-state index in [4.69, 9.17) is 9.47 Å². The summed E-state index contributed by atoms with van der Waals surface area (Å²) in [5, 5.41) is 0. The van der Waals surface area contributed by atoms with Gasteiger partial charge >= 0.3 is 0 Å². The number of ether oxygens (including phenoxy) is 2. The van der Waals surface area contributed by atoms with Crippen molar-refractivity contribution in [1.82, 2.24) is 9.80 Å². The van der Waals surface area contributed by atoms with Gasteiger partial charge in [-0.15, -0.1) is 0 Å². The van der Waals surface area contributed by atoms with Crippen molar-refractivity contribution in [2.75, 3.05) is 33.9 Å². The van der Waals surface area contributed by atoms with Crippen molar-refractivity contribution in [2.45, 2.75) is 38.6 Å². The van der Waals surface area contributed by atoms with E-state index in [1.807, 2.05) is 17.0 Å². The molecule has 0 aliphatic carbocycles. The highest BCUT2D eigenvalue weighted by Crippen LogP contribution is 2.33. The lowest BCUT2D eigenvalue weighted by Gasteiger charge is -2.31. The SMILES string of the molecule is COc1cc2c(cc1OC)CN(C(=O)CC(=O)N1CCCCC1)CC2. The zero-order valence-corrected chi connectivity index (χ0v) is 15.0. The maximum absolute atomic E-state index is 12.6. The third-order valence-corrected chi connectivity index (χ3v) is 5.08. The van der Waals surface area contributed by atoms with Gasteiger partial charge in [0.2, 0.25) is 11.8 Å². The molecule has 0 unspecified atom stereocenters. The Labute approximate surface area is 148 Å². The van der Waals surface area contributed by atoms with E-state index in [9.17, 15) is 9.59 Å². The van der Waals surface area contributed by atoms with Crippen LogP contribution in [0.25, 0.3) is 0 Å². The number of carbonyl (C=O) groups excluding carboxylic acids is 2. The standard InChI is InChI=1S/C19H26N2O4/c1-24-16-10-14-6-9-21(13-15(14)11-17(16)25-2)19(23)12-18(22)20-7-4-3-5-8-20/h10-11H,3-9,12-13H2,1-2H3. The number of likely N-dealkylation sites (tertiary alicyclic amines) is 1. The molecule has 1 saturated heterocycles. The third-order valence-electron chi connectivity index (χ3n) is 5.08. The molecule has 136 valence electrons. The molecular formula is C19H26N2O4. The number of hydrogen-bond donors (Lipinski definition) is 0. The van der Waals surface area contributed by atoms with Crippen LogP contribution < -0.4 is 9.47 Å². The maximum atomic E-state index is 12.6. The summed E-state index contributed by atoms with van der Waals surface area (Å²) in [6.07, 6.45) is 3.99. The first kappa shape index (κ1) is 17.6. The molecule has 0 spiro atoms. The highest BCUT2D eigenvalue weighted by molar-refractivity contribution is 5.97. The minimum Gasteiger partial charge on any atom is -0.493 e. The second kappa shape index (κ2) is 7.76. The number of fused-ring (bicyclic) bond motifs is 1. The van der Waals surface area contributed by atoms with Gasteiger partial charge in [0.1, 0.15) is 6.42 Å². The number of hydrogen-bond acceptors (Lipinski definition) is 4. The average molecular weight is 346 g/mol. The first-order valence-corrected chi connectivity index (χ1v) is 8.91. The summed E-state index contributed by atoms with van der Waals surface area (Å²) in [5.41, 5.74) is 2.23. The Bertz CT molecular complexity index is 653. The van der Waals surface area contributed by atoms with Crippen LogP contribution in [-0.4, -0.2) is 55.5 Å². The number of rotatable bonds is 4. The van der Waals surface area contributed by atoms with E-state index in [0.29, 0.717) is 24.6 Å². The number of carbonyl (C=O) groups is 2. The Hall–Kier alpha value is -2.24. The van der Waals surface area contributed by atoms with Crippen molar-refractivity contribution in [1.29, 1.82) is 0 Å². The minimum absolute atomic E-state index is 0.0252. The monoisotopic (exact) mass is 346 g/mol. The van der Waals surface area contributed by atoms with Crippen LogP contribution in [0.15, 0.2) is 12.1 Å². The van der Waals surface area contributed by atoms with Crippen LogP contribution in [-0.2, 0) is 22.6 Å². The maximum Gasteiger partial charge on any atom is 0.232 e. The average Bonchev–Trinajstić information content (AvgIpc) is 2.66. The highest BCUT2D eigenvalue weighted by Gasteiger charge is 2.26. The lowest BCUT2D eigenvalue weighted by Crippen LogP contribution is -2.41. The molecule has 2 aliphatic rings. The van der Waals surface area contributed by atoms with Crippen LogP contribution in [0, 0.1) is 0 Å². The lowest BCUT2D eigenvalue weighted by atomic mass is 9.98. The molecule has 0 N–H and O–H groups in total. The summed E-state index contributed by atoms with van der Waals surface area (Å²) >= 11 is 0. The Kier molecular flexibility index (Phi) is 5.46. The first-order valence-electron chi connectivity index (χ1n) is 8.91. The lowest BCUT2D eigenvalue weighted by molar-refractivity contribution is -0.141. The zero-order valence-electron chi connectivity index (χ0n) is 15.0. The predicted octanol–water partition coefficient (Wildman–Crippen LogP) is 1.99. The zero-order chi connectivity index (χ0) is 17.8. The smallest absolute Gasteiger partial charge is 0.232 e. The van der Waals surface area contributed by atoms with Crippen molar-refractivity contribution in [3.8, 4) is 11.5 Å². The fraction of sp³-hybridized carbons (Fsp3) is 0.579. The Morgan fingerprint density at radius 1 is 0.880 bits per heavy atom. The summed E-state index contributed by atoms with van der Waals surface area (Å²) < 4.78 is 10.7. The topological polar surface area (TPSA) is 59.1 Å². The van der Waals surface area contributed by atoms with Gasteiger partial charge in [0.05, 0.1) is 14.2 Å². The molecule has 6 nitrogen and oxygen atoms in total. The summed E-state index contributed by atoms with van der Waals surface area (Å²) in [4.78, 5) is 28.5. The van der Waals surface area contributed by atoms with Crippen LogP contribution >= 0.6 is 0 Å². The van der Waals surface area contributed by atoms with Crippen LogP contribution in [0.4, 0.5) is 0 Å². The van der Waals surface area contributed by atoms with Crippen LogP contribution in [0.5, 0.6) is 11.5 Å². The number of benzene rings is 1. The van der Waals surface area contributed by atoms with Gasteiger partial charge in [-0.2, -0.15) is 0 Å². The van der Waals surface area contributed by atoms with Crippen molar-refractivity contribution in [3.05, 3.63) is 23.3 Å². The third kappa shape index (κ3) is 3.89. The molecule has 0 atom stereocenters. The summed E-state index contributed by atoms with van der Waals surface area (Å²) in [6.45, 7) is 2.72. The molecule has 1 fully saturated rings. The fourth-order valence-electron chi connectivity index (χ4n) is 3.59.